The molecular weight excluding hydrogens is 408 g/mol. The highest BCUT2D eigenvalue weighted by molar-refractivity contribution is 6.34. The molecule has 0 saturated heterocycles. The number of methoxy groups -OCH3 is 2. The fourth-order valence-corrected chi connectivity index (χ4v) is 3.43. The summed E-state index contributed by atoms with van der Waals surface area (Å²) in [4.78, 5) is 38.9. The predicted molar refractivity (Wildman–Crippen MR) is 121 cm³/mol. The van der Waals surface area contributed by atoms with Gasteiger partial charge in [0.15, 0.2) is 0 Å². The number of imide groups is 1. The van der Waals surface area contributed by atoms with Crippen LogP contribution < -0.4 is 19.7 Å². The van der Waals surface area contributed by atoms with E-state index in [-0.39, 0.29) is 17.7 Å². The molecule has 0 unspecified atom stereocenters. The second-order valence-corrected chi connectivity index (χ2v) is 7.01. The van der Waals surface area contributed by atoms with Gasteiger partial charge in [-0.3, -0.25) is 14.4 Å². The SMILES string of the molecule is COc1cc(/C=C/C(=O)Nc2cccc(N3C(=O)c4ccccc4C3=O)c2)cc(OC)c1. The molecule has 0 fully saturated rings. The van der Waals surface area contributed by atoms with Crippen molar-refractivity contribution in [2.45, 2.75) is 0 Å². The Bertz CT molecular complexity index is 1190. The minimum atomic E-state index is -0.388. The quantitative estimate of drug-likeness (QED) is 0.471. The van der Waals surface area contributed by atoms with Crippen molar-refractivity contribution in [1.29, 1.82) is 0 Å². The van der Waals surface area contributed by atoms with Crippen molar-refractivity contribution in [2.75, 3.05) is 24.4 Å². The summed E-state index contributed by atoms with van der Waals surface area (Å²) >= 11 is 0. The first-order chi connectivity index (χ1) is 15.5. The van der Waals surface area contributed by atoms with Crippen LogP contribution in [0.3, 0.4) is 0 Å². The van der Waals surface area contributed by atoms with Crippen molar-refractivity contribution in [1.82, 2.24) is 0 Å². The highest BCUT2D eigenvalue weighted by atomic mass is 16.5. The van der Waals surface area contributed by atoms with Gasteiger partial charge < -0.3 is 14.8 Å². The third kappa shape index (κ3) is 4.09. The zero-order chi connectivity index (χ0) is 22.7. The van der Waals surface area contributed by atoms with Gasteiger partial charge in [-0.05, 0) is 54.1 Å². The van der Waals surface area contributed by atoms with E-state index in [1.165, 1.54) is 6.08 Å². The molecule has 0 spiro atoms. The van der Waals surface area contributed by atoms with E-state index in [2.05, 4.69) is 5.32 Å². The Kier molecular flexibility index (Phi) is 5.72. The van der Waals surface area contributed by atoms with Crippen LogP contribution in [0.15, 0.2) is 72.8 Å². The fraction of sp³-hybridized carbons (Fsp3) is 0.0800. The fourth-order valence-electron chi connectivity index (χ4n) is 3.43. The minimum absolute atomic E-state index is 0.364. The van der Waals surface area contributed by atoms with E-state index >= 15 is 0 Å². The topological polar surface area (TPSA) is 84.9 Å². The Morgan fingerprint density at radius 3 is 2.06 bits per heavy atom. The number of hydrogen-bond acceptors (Lipinski definition) is 5. The molecule has 3 amide bonds. The summed E-state index contributed by atoms with van der Waals surface area (Å²) in [6, 6.07) is 18.6. The standard InChI is InChI=1S/C25H20N2O5/c1-31-19-12-16(13-20(15-19)32-2)10-11-23(28)26-17-6-5-7-18(14-17)27-24(29)21-8-3-4-9-22(21)25(27)30/h3-15H,1-2H3,(H,26,28)/b11-10+. The van der Waals surface area contributed by atoms with Crippen LogP contribution in [0.5, 0.6) is 11.5 Å². The smallest absolute Gasteiger partial charge is 0.266 e. The maximum Gasteiger partial charge on any atom is 0.266 e. The summed E-state index contributed by atoms with van der Waals surface area (Å²) in [5, 5.41) is 2.75. The van der Waals surface area contributed by atoms with Gasteiger partial charge in [-0.25, -0.2) is 4.90 Å². The maximum atomic E-state index is 12.7. The van der Waals surface area contributed by atoms with Gasteiger partial charge in [0.25, 0.3) is 11.8 Å². The zero-order valence-corrected chi connectivity index (χ0v) is 17.5. The first-order valence-corrected chi connectivity index (χ1v) is 9.80. The average Bonchev–Trinajstić information content (AvgIpc) is 3.07. The number of rotatable bonds is 6. The zero-order valence-electron chi connectivity index (χ0n) is 17.5. The number of nitrogens with zero attached hydrogens (tertiary/aromatic N) is 1. The monoisotopic (exact) mass is 428 g/mol. The van der Waals surface area contributed by atoms with E-state index in [9.17, 15) is 14.4 Å². The second kappa shape index (κ2) is 8.77. The normalized spacial score (nSPS) is 12.8. The van der Waals surface area contributed by atoms with Crippen LogP contribution in [0.2, 0.25) is 0 Å². The summed E-state index contributed by atoms with van der Waals surface area (Å²) in [5.74, 6) is 0.0734. The molecule has 0 bridgehead atoms. The lowest BCUT2D eigenvalue weighted by Gasteiger charge is -2.15. The number of fused-ring (bicyclic) bond motifs is 1. The highest BCUT2D eigenvalue weighted by Gasteiger charge is 2.36. The van der Waals surface area contributed by atoms with Gasteiger partial charge in [0.1, 0.15) is 11.5 Å². The predicted octanol–water partition coefficient (Wildman–Crippen LogP) is 4.16. The molecule has 1 aliphatic rings. The Morgan fingerprint density at radius 1 is 0.844 bits per heavy atom. The van der Waals surface area contributed by atoms with E-state index in [4.69, 9.17) is 9.47 Å². The highest BCUT2D eigenvalue weighted by Crippen LogP contribution is 2.30. The number of benzene rings is 3. The molecule has 0 atom stereocenters. The number of ether oxygens (including phenoxy) is 2. The number of hydrogen-bond donors (Lipinski definition) is 1. The molecule has 4 rings (SSSR count). The first kappa shape index (κ1) is 20.9. The largest absolute Gasteiger partial charge is 0.497 e. The summed E-state index contributed by atoms with van der Waals surface area (Å²) in [6.07, 6.45) is 3.01. The molecule has 0 saturated carbocycles. The van der Waals surface area contributed by atoms with Gasteiger partial charge >= 0.3 is 0 Å². The molecule has 3 aromatic rings. The Morgan fingerprint density at radius 2 is 1.47 bits per heavy atom. The third-order valence-electron chi connectivity index (χ3n) is 4.97. The summed E-state index contributed by atoms with van der Waals surface area (Å²) < 4.78 is 10.5. The molecule has 0 radical (unpaired) electrons. The van der Waals surface area contributed by atoms with Crippen molar-refractivity contribution in [3.8, 4) is 11.5 Å². The number of anilines is 2. The summed E-state index contributed by atoms with van der Waals surface area (Å²) in [6.45, 7) is 0. The van der Waals surface area contributed by atoms with Crippen molar-refractivity contribution in [3.63, 3.8) is 0 Å². The van der Waals surface area contributed by atoms with E-state index in [1.807, 2.05) is 0 Å². The third-order valence-corrected chi connectivity index (χ3v) is 4.97. The van der Waals surface area contributed by atoms with Crippen molar-refractivity contribution in [3.05, 3.63) is 89.5 Å². The molecule has 32 heavy (non-hydrogen) atoms. The molecule has 1 N–H and O–H groups in total. The second-order valence-electron chi connectivity index (χ2n) is 7.01. The van der Waals surface area contributed by atoms with Gasteiger partial charge in [-0.1, -0.05) is 18.2 Å². The van der Waals surface area contributed by atoms with Crippen molar-refractivity contribution >= 4 is 35.2 Å². The lowest BCUT2D eigenvalue weighted by atomic mass is 10.1. The Balaban J connectivity index is 1.50. The van der Waals surface area contributed by atoms with E-state index < -0.39 is 0 Å². The number of carbonyl (C=O) groups is 3. The van der Waals surface area contributed by atoms with Crippen LogP contribution in [0.1, 0.15) is 26.3 Å². The lowest BCUT2D eigenvalue weighted by Crippen LogP contribution is -2.29. The van der Waals surface area contributed by atoms with Gasteiger partial charge in [-0.2, -0.15) is 0 Å². The van der Waals surface area contributed by atoms with Crippen LogP contribution >= 0.6 is 0 Å². The molecule has 3 aromatic carbocycles. The minimum Gasteiger partial charge on any atom is -0.497 e. The van der Waals surface area contributed by atoms with Crippen LogP contribution in [0, 0.1) is 0 Å². The van der Waals surface area contributed by atoms with Gasteiger partial charge in [-0.15, -0.1) is 0 Å². The van der Waals surface area contributed by atoms with Crippen LogP contribution in [0.4, 0.5) is 11.4 Å². The number of carbonyl (C=O) groups excluding carboxylic acids is 3. The molecule has 0 aromatic heterocycles. The van der Waals surface area contributed by atoms with Gasteiger partial charge in [0, 0.05) is 17.8 Å². The molecule has 7 nitrogen and oxygen atoms in total. The molecule has 1 aliphatic heterocycles. The van der Waals surface area contributed by atoms with E-state index in [0.29, 0.717) is 34.0 Å². The van der Waals surface area contributed by atoms with Crippen LogP contribution in [-0.4, -0.2) is 31.9 Å². The first-order valence-electron chi connectivity index (χ1n) is 9.80. The molecule has 7 heteroatoms. The number of amides is 3. The Labute approximate surface area is 184 Å². The molecule has 0 aliphatic carbocycles. The van der Waals surface area contributed by atoms with E-state index in [1.54, 1.807) is 87.0 Å². The van der Waals surface area contributed by atoms with Gasteiger partial charge in [0.2, 0.25) is 5.91 Å². The summed E-state index contributed by atoms with van der Waals surface area (Å²) in [7, 11) is 3.10. The van der Waals surface area contributed by atoms with E-state index in [0.717, 1.165) is 10.5 Å². The van der Waals surface area contributed by atoms with Crippen LogP contribution in [0.25, 0.3) is 6.08 Å². The number of nitrogens with one attached hydrogen (secondary N) is 1. The van der Waals surface area contributed by atoms with Gasteiger partial charge in [0.05, 0.1) is 31.0 Å². The maximum absolute atomic E-state index is 12.7. The lowest BCUT2D eigenvalue weighted by molar-refractivity contribution is -0.111. The van der Waals surface area contributed by atoms with Crippen molar-refractivity contribution < 1.29 is 23.9 Å². The molecule has 1 heterocycles. The van der Waals surface area contributed by atoms with Crippen molar-refractivity contribution in [2.24, 2.45) is 0 Å². The Hall–Kier alpha value is -4.39. The van der Waals surface area contributed by atoms with Crippen LogP contribution in [-0.2, 0) is 4.79 Å². The summed E-state index contributed by atoms with van der Waals surface area (Å²) in [5.41, 5.74) is 2.30. The average molecular weight is 428 g/mol. The molecule has 160 valence electrons. The molecular formula is C25H20N2O5.